The lowest BCUT2D eigenvalue weighted by Crippen LogP contribution is -2.21. The molecule has 0 aliphatic carbocycles. The average Bonchev–Trinajstić information content (AvgIpc) is 2.60. The molecule has 0 aliphatic rings. The first-order chi connectivity index (χ1) is 11.6. The minimum absolute atomic E-state index is 0.322. The van der Waals surface area contributed by atoms with Gasteiger partial charge in [-0.1, -0.05) is 70.9 Å². The molecule has 3 nitrogen and oxygen atoms in total. The third-order valence-corrected chi connectivity index (χ3v) is 4.76. The fourth-order valence-electron chi connectivity index (χ4n) is 2.75. The highest BCUT2D eigenvalue weighted by Gasteiger charge is 2.10. The Hall–Kier alpha value is -0.570. The lowest BCUT2D eigenvalue weighted by Gasteiger charge is -2.17. The Kier molecular flexibility index (Phi) is 16.8. The quantitative estimate of drug-likeness (QED) is 0.173. The Labute approximate surface area is 152 Å². The lowest BCUT2D eigenvalue weighted by atomic mass is 10.0. The van der Waals surface area contributed by atoms with Crippen molar-refractivity contribution in [2.75, 3.05) is 20.1 Å². The van der Waals surface area contributed by atoms with Crippen molar-refractivity contribution in [1.29, 1.82) is 0 Å². The van der Waals surface area contributed by atoms with Crippen LogP contribution in [0.4, 0.5) is 0 Å². The maximum Gasteiger partial charge on any atom is 0.127 e. The largest absolute Gasteiger partial charge is 0.393 e. The van der Waals surface area contributed by atoms with E-state index in [-0.39, 0.29) is 0 Å². The SMILES string of the molecule is CCCCCCCC(CCCCCC)O/N=C(/C)CCN(C)CC. The van der Waals surface area contributed by atoms with Gasteiger partial charge in [-0.25, -0.2) is 0 Å². The average molecular weight is 341 g/mol. The number of nitrogens with zero attached hydrogens (tertiary/aromatic N) is 2. The standard InChI is InChI=1S/C21H44N2O/c1-6-9-11-13-15-17-21(16-14-12-10-7-2)24-22-20(4)18-19-23(5)8-3/h21H,6-19H2,1-5H3/b22-20-. The molecular weight excluding hydrogens is 296 g/mol. The zero-order chi connectivity index (χ0) is 18.0. The van der Waals surface area contributed by atoms with E-state index in [4.69, 9.17) is 4.84 Å². The summed E-state index contributed by atoms with van der Waals surface area (Å²) in [6.45, 7) is 11.0. The number of unbranched alkanes of at least 4 members (excludes halogenated alkanes) is 7. The number of hydrogen-bond donors (Lipinski definition) is 0. The molecule has 0 bridgehead atoms. The van der Waals surface area contributed by atoms with Crippen LogP contribution >= 0.6 is 0 Å². The zero-order valence-corrected chi connectivity index (χ0v) is 17.3. The van der Waals surface area contributed by atoms with E-state index in [0.29, 0.717) is 6.10 Å². The minimum Gasteiger partial charge on any atom is -0.393 e. The molecule has 0 saturated heterocycles. The molecule has 0 N–H and O–H groups in total. The lowest BCUT2D eigenvalue weighted by molar-refractivity contribution is 0.0424. The van der Waals surface area contributed by atoms with Crippen molar-refractivity contribution in [2.24, 2.45) is 5.16 Å². The van der Waals surface area contributed by atoms with Gasteiger partial charge in [0.2, 0.25) is 0 Å². The Morgan fingerprint density at radius 2 is 1.42 bits per heavy atom. The van der Waals surface area contributed by atoms with Crippen LogP contribution < -0.4 is 0 Å². The van der Waals surface area contributed by atoms with Crippen molar-refractivity contribution in [3.8, 4) is 0 Å². The fourth-order valence-corrected chi connectivity index (χ4v) is 2.75. The van der Waals surface area contributed by atoms with Crippen molar-refractivity contribution >= 4 is 5.71 Å². The minimum atomic E-state index is 0.322. The Morgan fingerprint density at radius 3 is 1.96 bits per heavy atom. The second kappa shape index (κ2) is 17.3. The number of oxime groups is 1. The van der Waals surface area contributed by atoms with Crippen LogP contribution in [-0.2, 0) is 4.84 Å². The van der Waals surface area contributed by atoms with E-state index in [1.54, 1.807) is 0 Å². The highest BCUT2D eigenvalue weighted by molar-refractivity contribution is 5.81. The molecule has 24 heavy (non-hydrogen) atoms. The predicted octanol–water partition coefficient (Wildman–Crippen LogP) is 6.42. The van der Waals surface area contributed by atoms with Crippen LogP contribution in [0.25, 0.3) is 0 Å². The van der Waals surface area contributed by atoms with Gasteiger partial charge < -0.3 is 9.74 Å². The molecular formula is C21H44N2O. The molecule has 0 spiro atoms. The Morgan fingerprint density at radius 1 is 0.875 bits per heavy atom. The first kappa shape index (κ1) is 23.4. The van der Waals surface area contributed by atoms with Crippen LogP contribution in [0.1, 0.15) is 105 Å². The summed E-state index contributed by atoms with van der Waals surface area (Å²) in [5.74, 6) is 0. The first-order valence-electron chi connectivity index (χ1n) is 10.5. The second-order valence-electron chi connectivity index (χ2n) is 7.25. The highest BCUT2D eigenvalue weighted by Crippen LogP contribution is 2.16. The summed E-state index contributed by atoms with van der Waals surface area (Å²) in [6, 6.07) is 0. The van der Waals surface area contributed by atoms with Crippen LogP contribution in [0.2, 0.25) is 0 Å². The smallest absolute Gasteiger partial charge is 0.127 e. The summed E-state index contributed by atoms with van der Waals surface area (Å²) < 4.78 is 0. The van der Waals surface area contributed by atoms with Crippen molar-refractivity contribution in [3.63, 3.8) is 0 Å². The Bertz CT molecular complexity index is 292. The third kappa shape index (κ3) is 15.0. The maximum atomic E-state index is 5.93. The summed E-state index contributed by atoms with van der Waals surface area (Å²) >= 11 is 0. The van der Waals surface area contributed by atoms with E-state index in [1.807, 2.05) is 0 Å². The summed E-state index contributed by atoms with van der Waals surface area (Å²) in [4.78, 5) is 8.24. The van der Waals surface area contributed by atoms with Crippen LogP contribution in [0.15, 0.2) is 5.16 Å². The number of hydrogen-bond acceptors (Lipinski definition) is 3. The maximum absolute atomic E-state index is 5.93. The third-order valence-electron chi connectivity index (χ3n) is 4.76. The molecule has 0 aromatic heterocycles. The van der Waals surface area contributed by atoms with Crippen molar-refractivity contribution in [3.05, 3.63) is 0 Å². The van der Waals surface area contributed by atoms with Gasteiger partial charge in [-0.3, -0.25) is 0 Å². The van der Waals surface area contributed by atoms with Crippen LogP contribution in [0.5, 0.6) is 0 Å². The first-order valence-corrected chi connectivity index (χ1v) is 10.5. The molecule has 0 saturated carbocycles. The molecule has 0 aromatic carbocycles. The van der Waals surface area contributed by atoms with E-state index in [1.165, 1.54) is 70.6 Å². The van der Waals surface area contributed by atoms with E-state index in [9.17, 15) is 0 Å². The van der Waals surface area contributed by atoms with Gasteiger partial charge in [0.1, 0.15) is 6.10 Å². The molecule has 0 radical (unpaired) electrons. The van der Waals surface area contributed by atoms with E-state index >= 15 is 0 Å². The van der Waals surface area contributed by atoms with Crippen molar-refractivity contribution < 1.29 is 4.84 Å². The summed E-state index contributed by atoms with van der Waals surface area (Å²) in [5, 5.41) is 4.43. The second-order valence-corrected chi connectivity index (χ2v) is 7.25. The fraction of sp³-hybridized carbons (Fsp3) is 0.952. The van der Waals surface area contributed by atoms with E-state index in [2.05, 4.69) is 44.8 Å². The van der Waals surface area contributed by atoms with Crippen molar-refractivity contribution in [1.82, 2.24) is 4.90 Å². The molecule has 0 aromatic rings. The van der Waals surface area contributed by atoms with Crippen LogP contribution in [0, 0.1) is 0 Å². The van der Waals surface area contributed by atoms with Crippen molar-refractivity contribution in [2.45, 2.75) is 111 Å². The van der Waals surface area contributed by atoms with Gasteiger partial charge in [0.05, 0.1) is 5.71 Å². The molecule has 3 heteroatoms. The summed E-state index contributed by atoms with van der Waals surface area (Å²) in [7, 11) is 2.15. The van der Waals surface area contributed by atoms with Gasteiger partial charge in [0.25, 0.3) is 0 Å². The Balaban J connectivity index is 4.14. The highest BCUT2D eigenvalue weighted by atomic mass is 16.6. The molecule has 0 fully saturated rings. The molecule has 0 aliphatic heterocycles. The molecule has 0 rings (SSSR count). The normalized spacial score (nSPS) is 13.5. The molecule has 144 valence electrons. The molecule has 0 amide bonds. The van der Waals surface area contributed by atoms with Gasteiger partial charge in [0, 0.05) is 13.0 Å². The number of rotatable bonds is 17. The topological polar surface area (TPSA) is 24.8 Å². The van der Waals surface area contributed by atoms with Gasteiger partial charge in [-0.15, -0.1) is 0 Å². The summed E-state index contributed by atoms with van der Waals surface area (Å²) in [6.07, 6.45) is 15.6. The van der Waals surface area contributed by atoms with Gasteiger partial charge in [-0.2, -0.15) is 0 Å². The van der Waals surface area contributed by atoms with Gasteiger partial charge >= 0.3 is 0 Å². The predicted molar refractivity (Wildman–Crippen MR) is 108 cm³/mol. The molecule has 0 heterocycles. The van der Waals surface area contributed by atoms with Gasteiger partial charge in [0.15, 0.2) is 0 Å². The van der Waals surface area contributed by atoms with E-state index in [0.717, 1.165) is 25.2 Å². The molecule has 1 unspecified atom stereocenters. The van der Waals surface area contributed by atoms with Crippen LogP contribution in [0.3, 0.4) is 0 Å². The van der Waals surface area contributed by atoms with Gasteiger partial charge in [-0.05, 0) is 46.2 Å². The zero-order valence-electron chi connectivity index (χ0n) is 17.3. The monoisotopic (exact) mass is 340 g/mol. The summed E-state index contributed by atoms with van der Waals surface area (Å²) in [5.41, 5.74) is 1.12. The molecule has 1 atom stereocenters. The van der Waals surface area contributed by atoms with E-state index < -0.39 is 0 Å². The van der Waals surface area contributed by atoms with Crippen LogP contribution in [-0.4, -0.2) is 36.9 Å².